The molecule has 6 nitrogen and oxygen atoms in total. The molecule has 0 atom stereocenters. The monoisotopic (exact) mass is 339 g/mol. The van der Waals surface area contributed by atoms with Crippen molar-refractivity contribution in [2.75, 3.05) is 13.1 Å². The van der Waals surface area contributed by atoms with E-state index < -0.39 is 11.8 Å². The quantitative estimate of drug-likeness (QED) is 0.393. The van der Waals surface area contributed by atoms with Crippen LogP contribution in [0.25, 0.3) is 0 Å². The maximum atomic E-state index is 12.0. The normalized spacial score (nSPS) is 17.8. The van der Waals surface area contributed by atoms with Gasteiger partial charge in [-0.25, -0.2) is 0 Å². The van der Waals surface area contributed by atoms with Gasteiger partial charge in [-0.2, -0.15) is 0 Å². The van der Waals surface area contributed by atoms with Gasteiger partial charge < -0.3 is 16.0 Å². The van der Waals surface area contributed by atoms with Crippen molar-refractivity contribution in [2.24, 2.45) is 0 Å². The molecule has 1 aliphatic rings. The number of carbonyl (C=O) groups excluding carboxylic acids is 3. The van der Waals surface area contributed by atoms with E-state index in [0.717, 1.165) is 25.7 Å². The molecule has 0 aliphatic heterocycles. The molecule has 0 aromatic heterocycles. The van der Waals surface area contributed by atoms with Gasteiger partial charge in [-0.1, -0.05) is 57.8 Å². The predicted octanol–water partition coefficient (Wildman–Crippen LogP) is 2.03. The fourth-order valence-corrected chi connectivity index (χ4v) is 3.09. The summed E-state index contributed by atoms with van der Waals surface area (Å²) >= 11 is 0. The van der Waals surface area contributed by atoms with Crippen LogP contribution >= 0.6 is 0 Å². The molecular weight excluding hydrogens is 306 g/mol. The topological polar surface area (TPSA) is 87.3 Å². The zero-order chi connectivity index (χ0) is 17.5. The number of amides is 3. The van der Waals surface area contributed by atoms with Crippen molar-refractivity contribution in [2.45, 2.75) is 83.1 Å². The highest BCUT2D eigenvalue weighted by molar-refractivity contribution is 6.35. The molecule has 1 aliphatic carbocycles. The average molecular weight is 339 g/mol. The molecular formula is C18H33N3O3. The van der Waals surface area contributed by atoms with Crippen molar-refractivity contribution < 1.29 is 14.4 Å². The van der Waals surface area contributed by atoms with Crippen LogP contribution < -0.4 is 16.0 Å². The molecule has 24 heavy (non-hydrogen) atoms. The highest BCUT2D eigenvalue weighted by atomic mass is 16.2. The van der Waals surface area contributed by atoms with E-state index in [1.54, 1.807) is 0 Å². The second-order valence-electron chi connectivity index (χ2n) is 6.61. The van der Waals surface area contributed by atoms with Crippen molar-refractivity contribution in [1.82, 2.24) is 16.0 Å². The van der Waals surface area contributed by atoms with Gasteiger partial charge in [-0.3, -0.25) is 14.4 Å². The largest absolute Gasteiger partial charge is 0.359 e. The predicted molar refractivity (Wildman–Crippen MR) is 94.4 cm³/mol. The Morgan fingerprint density at radius 2 is 1.33 bits per heavy atom. The molecule has 1 saturated carbocycles. The molecule has 6 heteroatoms. The first kappa shape index (κ1) is 20.5. The molecule has 3 amide bonds. The van der Waals surface area contributed by atoms with Crippen LogP contribution in [0, 0.1) is 0 Å². The molecule has 0 radical (unpaired) electrons. The lowest BCUT2D eigenvalue weighted by Crippen LogP contribution is -2.45. The van der Waals surface area contributed by atoms with Crippen LogP contribution in [0.15, 0.2) is 0 Å². The zero-order valence-corrected chi connectivity index (χ0v) is 14.8. The van der Waals surface area contributed by atoms with E-state index in [4.69, 9.17) is 0 Å². The molecule has 0 spiro atoms. The van der Waals surface area contributed by atoms with Gasteiger partial charge in [0.25, 0.3) is 0 Å². The maximum Gasteiger partial charge on any atom is 0.309 e. The fraction of sp³-hybridized carbons (Fsp3) is 0.833. The Morgan fingerprint density at radius 3 is 1.88 bits per heavy atom. The Balaban J connectivity index is 2.28. The lowest BCUT2D eigenvalue weighted by Gasteiger charge is -2.19. The first-order valence-corrected chi connectivity index (χ1v) is 9.49. The highest BCUT2D eigenvalue weighted by Crippen LogP contribution is 2.16. The number of hydrogen-bond donors (Lipinski definition) is 3. The summed E-state index contributed by atoms with van der Waals surface area (Å²) in [6.45, 7) is 0.881. The third-order valence-electron chi connectivity index (χ3n) is 4.51. The van der Waals surface area contributed by atoms with Gasteiger partial charge in [-0.05, 0) is 19.3 Å². The molecule has 0 heterocycles. The number of rotatable bonds is 6. The van der Waals surface area contributed by atoms with E-state index in [1.807, 2.05) is 0 Å². The second-order valence-corrected chi connectivity index (χ2v) is 6.61. The van der Waals surface area contributed by atoms with Crippen LogP contribution in [-0.4, -0.2) is 37.4 Å². The lowest BCUT2D eigenvalue weighted by molar-refractivity contribution is -0.139. The van der Waals surface area contributed by atoms with Crippen LogP contribution in [0.1, 0.15) is 77.0 Å². The van der Waals surface area contributed by atoms with E-state index in [2.05, 4.69) is 16.0 Å². The van der Waals surface area contributed by atoms with Gasteiger partial charge in [0.1, 0.15) is 0 Å². The second kappa shape index (κ2) is 13.8. The van der Waals surface area contributed by atoms with Crippen molar-refractivity contribution >= 4 is 18.2 Å². The van der Waals surface area contributed by atoms with Crippen LogP contribution in [-0.2, 0) is 14.4 Å². The van der Waals surface area contributed by atoms with Gasteiger partial charge in [0.15, 0.2) is 0 Å². The van der Waals surface area contributed by atoms with Crippen molar-refractivity contribution in [3.63, 3.8) is 0 Å². The van der Waals surface area contributed by atoms with Gasteiger partial charge in [0, 0.05) is 19.1 Å². The SMILES string of the molecule is O=CNCCCNC(=O)C(=O)NC1CCCCCCCCCCC1. The Morgan fingerprint density at radius 1 is 0.792 bits per heavy atom. The molecule has 0 bridgehead atoms. The number of hydrogen-bond acceptors (Lipinski definition) is 3. The summed E-state index contributed by atoms with van der Waals surface area (Å²) in [5.41, 5.74) is 0. The Bertz CT molecular complexity index is 363. The van der Waals surface area contributed by atoms with Crippen LogP contribution in [0.4, 0.5) is 0 Å². The lowest BCUT2D eigenvalue weighted by atomic mass is 9.98. The smallest absolute Gasteiger partial charge is 0.309 e. The average Bonchev–Trinajstić information content (AvgIpc) is 2.56. The van der Waals surface area contributed by atoms with Crippen molar-refractivity contribution in [3.05, 3.63) is 0 Å². The minimum absolute atomic E-state index is 0.111. The molecule has 1 fully saturated rings. The Labute approximate surface area is 145 Å². The van der Waals surface area contributed by atoms with E-state index in [-0.39, 0.29) is 6.04 Å². The minimum atomic E-state index is -0.577. The Kier molecular flexibility index (Phi) is 11.8. The van der Waals surface area contributed by atoms with Crippen molar-refractivity contribution in [3.8, 4) is 0 Å². The van der Waals surface area contributed by atoms with Gasteiger partial charge in [-0.15, -0.1) is 0 Å². The summed E-state index contributed by atoms with van der Waals surface area (Å²) in [6.07, 6.45) is 14.3. The molecule has 0 unspecified atom stereocenters. The summed E-state index contributed by atoms with van der Waals surface area (Å²) in [7, 11) is 0. The van der Waals surface area contributed by atoms with E-state index in [9.17, 15) is 14.4 Å². The van der Waals surface area contributed by atoms with Crippen molar-refractivity contribution in [1.29, 1.82) is 0 Å². The third-order valence-corrected chi connectivity index (χ3v) is 4.51. The summed E-state index contributed by atoms with van der Waals surface area (Å²) < 4.78 is 0. The number of nitrogens with one attached hydrogen (secondary N) is 3. The summed E-state index contributed by atoms with van der Waals surface area (Å²) in [5.74, 6) is -1.11. The summed E-state index contributed by atoms with van der Waals surface area (Å²) in [6, 6.07) is 0.111. The van der Waals surface area contributed by atoms with Crippen LogP contribution in [0.5, 0.6) is 0 Å². The maximum absolute atomic E-state index is 12.0. The standard InChI is InChI=1S/C18H33N3O3/c22-15-19-13-10-14-20-17(23)18(24)21-16-11-8-6-4-2-1-3-5-7-9-12-16/h15-16H,1-14H2,(H,19,22)(H,20,23)(H,21,24). The van der Waals surface area contributed by atoms with Crippen LogP contribution in [0.2, 0.25) is 0 Å². The third kappa shape index (κ3) is 10.2. The molecule has 138 valence electrons. The molecule has 1 rings (SSSR count). The van der Waals surface area contributed by atoms with Crippen LogP contribution in [0.3, 0.4) is 0 Å². The van der Waals surface area contributed by atoms with E-state index >= 15 is 0 Å². The van der Waals surface area contributed by atoms with E-state index in [0.29, 0.717) is 25.9 Å². The number of carbonyl (C=O) groups is 3. The zero-order valence-electron chi connectivity index (χ0n) is 14.8. The summed E-state index contributed by atoms with van der Waals surface area (Å²) in [5, 5.41) is 8.01. The van der Waals surface area contributed by atoms with Gasteiger partial charge in [0.2, 0.25) is 6.41 Å². The molecule has 0 saturated heterocycles. The summed E-state index contributed by atoms with van der Waals surface area (Å²) in [4.78, 5) is 33.9. The minimum Gasteiger partial charge on any atom is -0.359 e. The van der Waals surface area contributed by atoms with E-state index in [1.165, 1.54) is 44.9 Å². The fourth-order valence-electron chi connectivity index (χ4n) is 3.09. The Hall–Kier alpha value is -1.59. The first-order chi connectivity index (χ1) is 11.7. The van der Waals surface area contributed by atoms with Gasteiger partial charge >= 0.3 is 11.8 Å². The van der Waals surface area contributed by atoms with Gasteiger partial charge in [0.05, 0.1) is 0 Å². The molecule has 0 aromatic carbocycles. The molecule has 3 N–H and O–H groups in total. The highest BCUT2D eigenvalue weighted by Gasteiger charge is 2.18. The molecule has 0 aromatic rings. The first-order valence-electron chi connectivity index (χ1n) is 9.49.